The predicted molar refractivity (Wildman–Crippen MR) is 61.7 cm³/mol. The zero-order chi connectivity index (χ0) is 12.1. The fraction of sp³-hybridized carbons (Fsp3) is 0.500. The summed E-state index contributed by atoms with van der Waals surface area (Å²) in [7, 11) is 1.35. The van der Waals surface area contributed by atoms with Crippen molar-refractivity contribution in [2.45, 2.75) is 25.7 Å². The van der Waals surface area contributed by atoms with Crippen molar-refractivity contribution in [3.8, 4) is 0 Å². The van der Waals surface area contributed by atoms with Gasteiger partial charge >= 0.3 is 5.97 Å². The molecule has 0 fully saturated rings. The van der Waals surface area contributed by atoms with E-state index in [-0.39, 0.29) is 28.6 Å². The highest BCUT2D eigenvalue weighted by Gasteiger charge is 2.21. The standard InChI is InChI=1S/C10H12Cl2N2O2/c1-3-6(4-7(15)16-2)8-9(11)13-5-14-10(8)12/h5-6H,3-4H2,1-2H3. The summed E-state index contributed by atoms with van der Waals surface area (Å²) in [6.07, 6.45) is 2.22. The molecule has 0 aliphatic carbocycles. The smallest absolute Gasteiger partial charge is 0.306 e. The number of halogens is 2. The monoisotopic (exact) mass is 262 g/mol. The van der Waals surface area contributed by atoms with Gasteiger partial charge in [0.05, 0.1) is 13.5 Å². The molecule has 0 bridgehead atoms. The van der Waals surface area contributed by atoms with E-state index in [1.165, 1.54) is 13.4 Å². The highest BCUT2D eigenvalue weighted by atomic mass is 35.5. The summed E-state index contributed by atoms with van der Waals surface area (Å²) in [5.41, 5.74) is 0.610. The molecule has 0 saturated heterocycles. The SMILES string of the molecule is CCC(CC(=O)OC)c1c(Cl)ncnc1Cl. The van der Waals surface area contributed by atoms with Gasteiger partial charge in [-0.15, -0.1) is 0 Å². The minimum absolute atomic E-state index is 0.117. The number of ether oxygens (including phenoxy) is 1. The van der Waals surface area contributed by atoms with Crippen molar-refractivity contribution in [1.29, 1.82) is 0 Å². The lowest BCUT2D eigenvalue weighted by Gasteiger charge is -2.15. The second kappa shape index (κ2) is 6.01. The highest BCUT2D eigenvalue weighted by Crippen LogP contribution is 2.32. The van der Waals surface area contributed by atoms with Gasteiger partial charge in [0.15, 0.2) is 0 Å². The third-order valence-corrected chi connectivity index (χ3v) is 2.93. The predicted octanol–water partition coefficient (Wildman–Crippen LogP) is 2.84. The average molecular weight is 263 g/mol. The molecule has 0 N–H and O–H groups in total. The summed E-state index contributed by atoms with van der Waals surface area (Å²) in [6, 6.07) is 0. The van der Waals surface area contributed by atoms with Crippen molar-refractivity contribution in [3.63, 3.8) is 0 Å². The second-order valence-electron chi connectivity index (χ2n) is 3.25. The summed E-state index contributed by atoms with van der Waals surface area (Å²) in [5, 5.41) is 0.575. The maximum absolute atomic E-state index is 11.2. The minimum Gasteiger partial charge on any atom is -0.469 e. The topological polar surface area (TPSA) is 52.1 Å². The van der Waals surface area contributed by atoms with Crippen LogP contribution in [0.2, 0.25) is 10.3 Å². The fourth-order valence-corrected chi connectivity index (χ4v) is 2.05. The Bertz CT molecular complexity index is 365. The number of hydrogen-bond donors (Lipinski definition) is 0. The number of carbonyl (C=O) groups is 1. The van der Waals surface area contributed by atoms with Crippen LogP contribution in [-0.4, -0.2) is 23.0 Å². The first-order chi connectivity index (χ1) is 7.60. The van der Waals surface area contributed by atoms with Gasteiger partial charge in [0, 0.05) is 11.5 Å². The molecule has 16 heavy (non-hydrogen) atoms. The molecule has 4 nitrogen and oxygen atoms in total. The molecule has 6 heteroatoms. The fourth-order valence-electron chi connectivity index (χ4n) is 1.43. The normalized spacial score (nSPS) is 12.2. The van der Waals surface area contributed by atoms with Crippen LogP contribution in [0.1, 0.15) is 31.2 Å². The van der Waals surface area contributed by atoms with Crippen LogP contribution in [0.3, 0.4) is 0 Å². The molecule has 0 amide bonds. The van der Waals surface area contributed by atoms with Crippen LogP contribution < -0.4 is 0 Å². The van der Waals surface area contributed by atoms with Crippen molar-refractivity contribution in [1.82, 2.24) is 9.97 Å². The minimum atomic E-state index is -0.303. The van der Waals surface area contributed by atoms with Crippen LogP contribution in [0.4, 0.5) is 0 Å². The van der Waals surface area contributed by atoms with Gasteiger partial charge in [0.25, 0.3) is 0 Å². The third kappa shape index (κ3) is 3.06. The largest absolute Gasteiger partial charge is 0.469 e. The Balaban J connectivity index is 2.99. The Hall–Kier alpha value is -0.870. The lowest BCUT2D eigenvalue weighted by Crippen LogP contribution is -2.10. The molecule has 0 aromatic carbocycles. The maximum atomic E-state index is 11.2. The van der Waals surface area contributed by atoms with E-state index in [1.807, 2.05) is 6.92 Å². The first-order valence-electron chi connectivity index (χ1n) is 4.82. The Morgan fingerprint density at radius 1 is 1.44 bits per heavy atom. The van der Waals surface area contributed by atoms with Crippen molar-refractivity contribution < 1.29 is 9.53 Å². The van der Waals surface area contributed by atoms with Gasteiger partial charge in [-0.3, -0.25) is 4.79 Å². The molecule has 1 heterocycles. The van der Waals surface area contributed by atoms with Gasteiger partial charge in [-0.2, -0.15) is 0 Å². The van der Waals surface area contributed by atoms with E-state index >= 15 is 0 Å². The van der Waals surface area contributed by atoms with Crippen molar-refractivity contribution >= 4 is 29.2 Å². The third-order valence-electron chi connectivity index (χ3n) is 2.33. The van der Waals surface area contributed by atoms with Gasteiger partial charge in [-0.25, -0.2) is 9.97 Å². The Morgan fingerprint density at radius 2 is 2.00 bits per heavy atom. The summed E-state index contributed by atoms with van der Waals surface area (Å²) in [5.74, 6) is -0.420. The molecular weight excluding hydrogens is 251 g/mol. The second-order valence-corrected chi connectivity index (χ2v) is 3.97. The van der Waals surface area contributed by atoms with E-state index in [1.54, 1.807) is 0 Å². The molecule has 0 spiro atoms. The molecule has 0 aliphatic heterocycles. The molecule has 1 aromatic rings. The number of methoxy groups -OCH3 is 1. The highest BCUT2D eigenvalue weighted by molar-refractivity contribution is 6.34. The lowest BCUT2D eigenvalue weighted by atomic mass is 9.95. The van der Waals surface area contributed by atoms with E-state index in [0.29, 0.717) is 12.0 Å². The Morgan fingerprint density at radius 3 is 2.44 bits per heavy atom. The molecule has 1 aromatic heterocycles. The molecule has 0 saturated carbocycles. The van der Waals surface area contributed by atoms with Gasteiger partial charge in [-0.05, 0) is 6.42 Å². The van der Waals surface area contributed by atoms with Gasteiger partial charge < -0.3 is 4.74 Å². The molecular formula is C10H12Cl2N2O2. The van der Waals surface area contributed by atoms with Crippen LogP contribution in [0.25, 0.3) is 0 Å². The first-order valence-corrected chi connectivity index (χ1v) is 5.58. The number of hydrogen-bond acceptors (Lipinski definition) is 4. The van der Waals surface area contributed by atoms with E-state index in [9.17, 15) is 4.79 Å². The van der Waals surface area contributed by atoms with Crippen molar-refractivity contribution in [2.24, 2.45) is 0 Å². The van der Waals surface area contributed by atoms with Gasteiger partial charge in [-0.1, -0.05) is 30.1 Å². The quantitative estimate of drug-likeness (QED) is 0.619. The van der Waals surface area contributed by atoms with Crippen LogP contribution in [0.5, 0.6) is 0 Å². The van der Waals surface area contributed by atoms with Crippen molar-refractivity contribution in [3.05, 3.63) is 22.2 Å². The van der Waals surface area contributed by atoms with E-state index in [4.69, 9.17) is 23.2 Å². The molecule has 0 radical (unpaired) electrons. The number of rotatable bonds is 4. The van der Waals surface area contributed by atoms with E-state index < -0.39 is 0 Å². The average Bonchev–Trinajstić information content (AvgIpc) is 2.27. The maximum Gasteiger partial charge on any atom is 0.306 e. The van der Waals surface area contributed by atoms with Gasteiger partial charge in [0.2, 0.25) is 0 Å². The number of esters is 1. The summed E-state index contributed by atoms with van der Waals surface area (Å²) in [4.78, 5) is 18.9. The number of carbonyl (C=O) groups excluding carboxylic acids is 1. The molecule has 1 unspecified atom stereocenters. The summed E-state index contributed by atoms with van der Waals surface area (Å²) >= 11 is 11.9. The Kier molecular flexibility index (Phi) is 4.96. The van der Waals surface area contributed by atoms with Crippen molar-refractivity contribution in [2.75, 3.05) is 7.11 Å². The zero-order valence-electron chi connectivity index (χ0n) is 9.04. The van der Waals surface area contributed by atoms with E-state index in [0.717, 1.165) is 0 Å². The van der Waals surface area contributed by atoms with Crippen LogP contribution in [0, 0.1) is 0 Å². The Labute approximate surface area is 104 Å². The first kappa shape index (κ1) is 13.2. The molecule has 1 rings (SSSR count). The molecule has 0 aliphatic rings. The number of nitrogens with zero attached hydrogens (tertiary/aromatic N) is 2. The van der Waals surface area contributed by atoms with Crippen LogP contribution in [-0.2, 0) is 9.53 Å². The molecule has 1 atom stereocenters. The van der Waals surface area contributed by atoms with E-state index in [2.05, 4.69) is 14.7 Å². The summed E-state index contributed by atoms with van der Waals surface area (Å²) in [6.45, 7) is 1.94. The van der Waals surface area contributed by atoms with Crippen LogP contribution in [0.15, 0.2) is 6.33 Å². The van der Waals surface area contributed by atoms with Gasteiger partial charge in [0.1, 0.15) is 16.6 Å². The number of aromatic nitrogens is 2. The lowest BCUT2D eigenvalue weighted by molar-refractivity contribution is -0.141. The zero-order valence-corrected chi connectivity index (χ0v) is 10.5. The summed E-state index contributed by atoms with van der Waals surface area (Å²) < 4.78 is 4.62. The van der Waals surface area contributed by atoms with Crippen LogP contribution >= 0.6 is 23.2 Å². The molecule has 88 valence electrons.